The van der Waals surface area contributed by atoms with E-state index < -0.39 is 0 Å². The fourth-order valence-electron chi connectivity index (χ4n) is 4.34. The van der Waals surface area contributed by atoms with Crippen LogP contribution in [-0.2, 0) is 10.2 Å². The zero-order valence-electron chi connectivity index (χ0n) is 18.0. The number of aliphatic imine (C=N–C) groups is 1. The van der Waals surface area contributed by atoms with E-state index in [9.17, 15) is 0 Å². The molecule has 2 saturated heterocycles. The van der Waals surface area contributed by atoms with Crippen molar-refractivity contribution < 1.29 is 14.2 Å². The average Bonchev–Trinajstić information content (AvgIpc) is 3.25. The molecule has 6 nitrogen and oxygen atoms in total. The van der Waals surface area contributed by atoms with Crippen molar-refractivity contribution in [2.24, 2.45) is 4.99 Å². The van der Waals surface area contributed by atoms with Crippen molar-refractivity contribution in [3.63, 3.8) is 0 Å². The molecule has 0 aromatic heterocycles. The van der Waals surface area contributed by atoms with Gasteiger partial charge in [0.15, 0.2) is 17.5 Å². The molecule has 3 aliphatic heterocycles. The van der Waals surface area contributed by atoms with Crippen LogP contribution in [0.1, 0.15) is 38.7 Å². The molecular weight excluding hydrogens is 513 g/mol. The summed E-state index contributed by atoms with van der Waals surface area (Å²) in [6, 6.07) is 6.38. The molecule has 30 heavy (non-hydrogen) atoms. The lowest BCUT2D eigenvalue weighted by Crippen LogP contribution is -2.48. The first-order chi connectivity index (χ1) is 14.2. The molecule has 0 bridgehead atoms. The minimum absolute atomic E-state index is 0. The molecule has 1 unspecified atom stereocenters. The highest BCUT2D eigenvalue weighted by Gasteiger charge is 2.36. The number of halogens is 1. The van der Waals surface area contributed by atoms with Gasteiger partial charge < -0.3 is 24.4 Å². The van der Waals surface area contributed by atoms with Crippen LogP contribution >= 0.6 is 35.7 Å². The van der Waals surface area contributed by atoms with Crippen LogP contribution < -0.4 is 14.8 Å². The topological polar surface area (TPSA) is 55.3 Å². The van der Waals surface area contributed by atoms with Gasteiger partial charge in [0.05, 0.1) is 6.54 Å². The number of rotatable bonds is 5. The van der Waals surface area contributed by atoms with Gasteiger partial charge in [-0.2, -0.15) is 11.8 Å². The molecule has 4 rings (SSSR count). The zero-order chi connectivity index (χ0) is 20.1. The van der Waals surface area contributed by atoms with E-state index in [4.69, 9.17) is 19.2 Å². The molecule has 2 fully saturated rings. The maximum absolute atomic E-state index is 5.70. The Hall–Kier alpha value is -0.870. The van der Waals surface area contributed by atoms with Gasteiger partial charge in [-0.15, -0.1) is 24.0 Å². The fraction of sp³-hybridized carbons (Fsp3) is 0.682. The van der Waals surface area contributed by atoms with Gasteiger partial charge in [-0.1, -0.05) is 13.0 Å². The van der Waals surface area contributed by atoms with Crippen molar-refractivity contribution in [3.8, 4) is 11.5 Å². The number of hydrogen-bond donors (Lipinski definition) is 1. The molecule has 1 aromatic carbocycles. The molecule has 1 aromatic rings. The third-order valence-corrected chi connectivity index (χ3v) is 7.57. The largest absolute Gasteiger partial charge is 0.454 e. The van der Waals surface area contributed by atoms with Crippen molar-refractivity contribution in [2.75, 3.05) is 51.9 Å². The van der Waals surface area contributed by atoms with Gasteiger partial charge in [0.1, 0.15) is 0 Å². The number of benzene rings is 1. The van der Waals surface area contributed by atoms with Crippen LogP contribution in [0.15, 0.2) is 23.2 Å². The van der Waals surface area contributed by atoms with Crippen molar-refractivity contribution in [1.29, 1.82) is 0 Å². The number of fused-ring (bicyclic) bond motifs is 1. The third kappa shape index (κ3) is 5.30. The van der Waals surface area contributed by atoms with E-state index in [1.54, 1.807) is 0 Å². The van der Waals surface area contributed by atoms with Crippen LogP contribution in [0.4, 0.5) is 0 Å². The number of guanidine groups is 1. The SMILES string of the molecule is CCNC(=NCC1(c2ccc3c(c2)OCO3)CCOCC1)N1CCSC(CC)C1.I. The molecule has 8 heteroatoms. The van der Waals surface area contributed by atoms with Gasteiger partial charge in [-0.25, -0.2) is 0 Å². The first-order valence-corrected chi connectivity index (χ1v) is 11.9. The van der Waals surface area contributed by atoms with Gasteiger partial charge in [0.2, 0.25) is 6.79 Å². The molecule has 0 amide bonds. The predicted molar refractivity (Wildman–Crippen MR) is 134 cm³/mol. The summed E-state index contributed by atoms with van der Waals surface area (Å²) in [7, 11) is 0. The number of nitrogens with one attached hydrogen (secondary N) is 1. The quantitative estimate of drug-likeness (QED) is 0.343. The molecule has 168 valence electrons. The highest BCUT2D eigenvalue weighted by molar-refractivity contribution is 14.0. The Balaban J connectivity index is 0.00000256. The van der Waals surface area contributed by atoms with E-state index in [0.29, 0.717) is 12.0 Å². The Morgan fingerprint density at radius 1 is 1.23 bits per heavy atom. The number of thioether (sulfide) groups is 1. The van der Waals surface area contributed by atoms with Gasteiger partial charge in [0, 0.05) is 49.3 Å². The zero-order valence-corrected chi connectivity index (χ0v) is 21.2. The number of ether oxygens (including phenoxy) is 3. The van der Waals surface area contributed by atoms with Crippen LogP contribution in [0.3, 0.4) is 0 Å². The summed E-state index contributed by atoms with van der Waals surface area (Å²) in [4.78, 5) is 7.61. The van der Waals surface area contributed by atoms with Gasteiger partial charge in [-0.3, -0.25) is 4.99 Å². The van der Waals surface area contributed by atoms with Crippen LogP contribution in [0, 0.1) is 0 Å². The maximum atomic E-state index is 5.70. The fourth-order valence-corrected chi connectivity index (χ4v) is 5.52. The molecule has 3 aliphatic rings. The highest BCUT2D eigenvalue weighted by atomic mass is 127. The maximum Gasteiger partial charge on any atom is 0.231 e. The highest BCUT2D eigenvalue weighted by Crippen LogP contribution is 2.41. The van der Waals surface area contributed by atoms with Gasteiger partial charge in [-0.05, 0) is 43.9 Å². The normalized spacial score (nSPS) is 23.1. The van der Waals surface area contributed by atoms with E-state index in [1.165, 1.54) is 17.7 Å². The molecular formula is C22H34IN3O3S. The molecule has 3 heterocycles. The second-order valence-electron chi connectivity index (χ2n) is 7.98. The molecule has 0 radical (unpaired) electrons. The summed E-state index contributed by atoms with van der Waals surface area (Å²) in [5.74, 6) is 3.91. The lowest BCUT2D eigenvalue weighted by atomic mass is 9.74. The molecule has 1 atom stereocenters. The van der Waals surface area contributed by atoms with Crippen LogP contribution in [0.5, 0.6) is 11.5 Å². The van der Waals surface area contributed by atoms with Gasteiger partial charge in [0.25, 0.3) is 0 Å². The molecule has 0 spiro atoms. The van der Waals surface area contributed by atoms with Crippen molar-refractivity contribution >= 4 is 41.7 Å². The third-order valence-electron chi connectivity index (χ3n) is 6.19. The Morgan fingerprint density at radius 2 is 2.03 bits per heavy atom. The Kier molecular flexibility index (Phi) is 8.82. The Morgan fingerprint density at radius 3 is 2.80 bits per heavy atom. The molecule has 0 aliphatic carbocycles. The van der Waals surface area contributed by atoms with Crippen molar-refractivity contribution in [3.05, 3.63) is 23.8 Å². The lowest BCUT2D eigenvalue weighted by Gasteiger charge is -2.38. The summed E-state index contributed by atoms with van der Waals surface area (Å²) in [6.45, 7) is 10.1. The van der Waals surface area contributed by atoms with Crippen LogP contribution in [-0.4, -0.2) is 68.0 Å². The van der Waals surface area contributed by atoms with Crippen LogP contribution in [0.2, 0.25) is 0 Å². The second-order valence-corrected chi connectivity index (χ2v) is 9.39. The average molecular weight is 548 g/mol. The van der Waals surface area contributed by atoms with Crippen molar-refractivity contribution in [2.45, 2.75) is 43.8 Å². The molecule has 0 saturated carbocycles. The van der Waals surface area contributed by atoms with E-state index in [1.807, 2.05) is 6.07 Å². The number of nitrogens with zero attached hydrogens (tertiary/aromatic N) is 2. The summed E-state index contributed by atoms with van der Waals surface area (Å²) >= 11 is 2.09. The molecule has 1 N–H and O–H groups in total. The first-order valence-electron chi connectivity index (χ1n) is 10.9. The minimum atomic E-state index is -0.0193. The van der Waals surface area contributed by atoms with E-state index in [0.717, 1.165) is 69.7 Å². The summed E-state index contributed by atoms with van der Waals surface area (Å²) in [6.07, 6.45) is 3.16. The standard InChI is InChI=1S/C22H33N3O3S.HI/c1-3-18-14-25(9-12-29-18)21(23-4-2)24-15-22(7-10-26-11-8-22)17-5-6-19-20(13-17)28-16-27-19;/h5-6,13,18H,3-4,7-12,14-16H2,1-2H3,(H,23,24);1H. The Labute approximate surface area is 201 Å². The first kappa shape index (κ1) is 23.8. The number of hydrogen-bond acceptors (Lipinski definition) is 5. The monoisotopic (exact) mass is 547 g/mol. The van der Waals surface area contributed by atoms with E-state index in [2.05, 4.69) is 48.0 Å². The van der Waals surface area contributed by atoms with E-state index >= 15 is 0 Å². The minimum Gasteiger partial charge on any atom is -0.454 e. The summed E-state index contributed by atoms with van der Waals surface area (Å²) in [5, 5.41) is 4.23. The second kappa shape index (κ2) is 11.1. The smallest absolute Gasteiger partial charge is 0.231 e. The van der Waals surface area contributed by atoms with Crippen molar-refractivity contribution in [1.82, 2.24) is 10.2 Å². The summed E-state index contributed by atoms with van der Waals surface area (Å²) < 4.78 is 16.9. The Bertz CT molecular complexity index is 728. The van der Waals surface area contributed by atoms with E-state index in [-0.39, 0.29) is 29.4 Å². The van der Waals surface area contributed by atoms with Gasteiger partial charge >= 0.3 is 0 Å². The predicted octanol–water partition coefficient (Wildman–Crippen LogP) is 3.87. The van der Waals surface area contributed by atoms with Crippen LogP contribution in [0.25, 0.3) is 0 Å². The lowest BCUT2D eigenvalue weighted by molar-refractivity contribution is 0.0529. The summed E-state index contributed by atoms with van der Waals surface area (Å²) in [5.41, 5.74) is 1.26.